The molecule has 1 fully saturated rings. The lowest BCUT2D eigenvalue weighted by molar-refractivity contribution is -0.0512. The number of rotatable bonds is 8. The topological polar surface area (TPSA) is 41.9 Å². The Balaban J connectivity index is 2.08. The highest BCUT2D eigenvalue weighted by atomic mass is 19.3. The van der Waals surface area contributed by atoms with E-state index in [-0.39, 0.29) is 12.4 Å². The van der Waals surface area contributed by atoms with Crippen LogP contribution in [0.1, 0.15) is 24.8 Å². The number of halogens is 2. The molecule has 0 unspecified atom stereocenters. The van der Waals surface area contributed by atoms with Crippen LogP contribution in [0.25, 0.3) is 0 Å². The average molecular weight is 301 g/mol. The molecule has 0 heterocycles. The van der Waals surface area contributed by atoms with E-state index in [0.29, 0.717) is 24.9 Å². The van der Waals surface area contributed by atoms with Crippen molar-refractivity contribution >= 4 is 0 Å². The van der Waals surface area contributed by atoms with Gasteiger partial charge in [-0.1, -0.05) is 12.5 Å². The molecule has 4 nitrogen and oxygen atoms in total. The van der Waals surface area contributed by atoms with Crippen LogP contribution in [-0.2, 0) is 6.54 Å². The second-order valence-corrected chi connectivity index (χ2v) is 5.14. The predicted molar refractivity (Wildman–Crippen MR) is 74.8 cm³/mol. The lowest BCUT2D eigenvalue weighted by atomic mass is 9.91. The summed E-state index contributed by atoms with van der Waals surface area (Å²) in [5.74, 6) is 0.332. The van der Waals surface area contributed by atoms with Crippen LogP contribution in [0.3, 0.4) is 0 Å². The van der Waals surface area contributed by atoms with Gasteiger partial charge < -0.3 is 14.6 Å². The number of aliphatic hydroxyl groups is 1. The molecular weight excluding hydrogens is 280 g/mol. The summed E-state index contributed by atoms with van der Waals surface area (Å²) < 4.78 is 34.1. The highest BCUT2D eigenvalue weighted by Gasteiger charge is 2.24. The van der Waals surface area contributed by atoms with E-state index < -0.39 is 6.61 Å². The fourth-order valence-corrected chi connectivity index (χ4v) is 2.51. The van der Waals surface area contributed by atoms with Gasteiger partial charge in [-0.3, -0.25) is 4.90 Å². The second kappa shape index (κ2) is 7.56. The molecule has 21 heavy (non-hydrogen) atoms. The van der Waals surface area contributed by atoms with E-state index in [4.69, 9.17) is 9.84 Å². The fourth-order valence-electron chi connectivity index (χ4n) is 2.51. The first-order valence-corrected chi connectivity index (χ1v) is 7.10. The zero-order valence-electron chi connectivity index (χ0n) is 12.1. The van der Waals surface area contributed by atoms with E-state index in [2.05, 4.69) is 9.64 Å². The number of hydrogen-bond acceptors (Lipinski definition) is 4. The Morgan fingerprint density at radius 2 is 2.10 bits per heavy atom. The number of alkyl halides is 2. The van der Waals surface area contributed by atoms with E-state index in [1.54, 1.807) is 12.1 Å². The van der Waals surface area contributed by atoms with Crippen LogP contribution in [0.15, 0.2) is 18.2 Å². The first kappa shape index (κ1) is 16.0. The zero-order valence-corrected chi connectivity index (χ0v) is 12.1. The summed E-state index contributed by atoms with van der Waals surface area (Å²) in [6, 6.07) is 5.46. The number of nitrogens with zero attached hydrogens (tertiary/aromatic N) is 1. The smallest absolute Gasteiger partial charge is 0.387 e. The zero-order chi connectivity index (χ0) is 15.2. The third-order valence-corrected chi connectivity index (χ3v) is 3.81. The summed E-state index contributed by atoms with van der Waals surface area (Å²) in [6.07, 6.45) is 3.50. The molecular formula is C15H21F2NO3. The van der Waals surface area contributed by atoms with Crippen molar-refractivity contribution in [3.63, 3.8) is 0 Å². The van der Waals surface area contributed by atoms with Crippen molar-refractivity contribution in [1.29, 1.82) is 0 Å². The summed E-state index contributed by atoms with van der Waals surface area (Å²) in [6.45, 7) is -1.48. The van der Waals surface area contributed by atoms with Crippen molar-refractivity contribution in [2.24, 2.45) is 0 Å². The van der Waals surface area contributed by atoms with E-state index >= 15 is 0 Å². The third-order valence-electron chi connectivity index (χ3n) is 3.81. The minimum atomic E-state index is -2.87. The molecule has 0 bridgehead atoms. The highest BCUT2D eigenvalue weighted by molar-refractivity contribution is 5.43. The molecule has 1 N–H and O–H groups in total. The summed E-state index contributed by atoms with van der Waals surface area (Å²) in [5, 5.41) is 9.16. The molecule has 1 saturated carbocycles. The van der Waals surface area contributed by atoms with Crippen LogP contribution in [0.4, 0.5) is 8.78 Å². The molecule has 0 atom stereocenters. The van der Waals surface area contributed by atoms with Gasteiger partial charge in [-0.05, 0) is 30.5 Å². The van der Waals surface area contributed by atoms with Crippen molar-refractivity contribution in [2.75, 3.05) is 20.3 Å². The van der Waals surface area contributed by atoms with Gasteiger partial charge in [0.2, 0.25) is 0 Å². The summed E-state index contributed by atoms with van der Waals surface area (Å²) >= 11 is 0. The van der Waals surface area contributed by atoms with Crippen molar-refractivity contribution in [3.8, 4) is 11.5 Å². The maximum Gasteiger partial charge on any atom is 0.387 e. The Hall–Kier alpha value is -1.40. The van der Waals surface area contributed by atoms with Crippen LogP contribution in [0, 0.1) is 0 Å². The SMILES string of the molecule is COc1cc(CN(CCO)C2CCC2)ccc1OC(F)F. The predicted octanol–water partition coefficient (Wildman–Crippen LogP) is 2.64. The van der Waals surface area contributed by atoms with Gasteiger partial charge in [0.1, 0.15) is 0 Å². The maximum atomic E-state index is 12.3. The second-order valence-electron chi connectivity index (χ2n) is 5.14. The number of hydrogen-bond donors (Lipinski definition) is 1. The summed E-state index contributed by atoms with van der Waals surface area (Å²) in [7, 11) is 1.43. The van der Waals surface area contributed by atoms with Crippen LogP contribution in [-0.4, -0.2) is 42.9 Å². The van der Waals surface area contributed by atoms with Crippen molar-refractivity contribution in [3.05, 3.63) is 23.8 Å². The molecule has 0 radical (unpaired) electrons. The van der Waals surface area contributed by atoms with Crippen molar-refractivity contribution < 1.29 is 23.4 Å². The fraction of sp³-hybridized carbons (Fsp3) is 0.600. The van der Waals surface area contributed by atoms with Gasteiger partial charge in [0.25, 0.3) is 0 Å². The summed E-state index contributed by atoms with van der Waals surface area (Å²) in [4.78, 5) is 2.21. The van der Waals surface area contributed by atoms with Crippen LogP contribution in [0.5, 0.6) is 11.5 Å². The van der Waals surface area contributed by atoms with Gasteiger partial charge in [-0.25, -0.2) is 0 Å². The Morgan fingerprint density at radius 3 is 2.62 bits per heavy atom. The number of aliphatic hydroxyl groups excluding tert-OH is 1. The minimum Gasteiger partial charge on any atom is -0.493 e. The molecule has 1 aliphatic rings. The van der Waals surface area contributed by atoms with E-state index in [0.717, 1.165) is 18.4 Å². The monoisotopic (exact) mass is 301 g/mol. The Bertz CT molecular complexity index is 453. The molecule has 6 heteroatoms. The maximum absolute atomic E-state index is 12.3. The molecule has 1 aliphatic carbocycles. The average Bonchev–Trinajstić information content (AvgIpc) is 2.38. The van der Waals surface area contributed by atoms with Crippen LogP contribution < -0.4 is 9.47 Å². The molecule has 1 aromatic carbocycles. The lowest BCUT2D eigenvalue weighted by Gasteiger charge is -2.37. The number of benzene rings is 1. The first-order valence-electron chi connectivity index (χ1n) is 7.10. The Labute approximate surface area is 123 Å². The van der Waals surface area contributed by atoms with E-state index in [9.17, 15) is 8.78 Å². The van der Waals surface area contributed by atoms with Gasteiger partial charge in [0.05, 0.1) is 13.7 Å². The molecule has 0 amide bonds. The van der Waals surface area contributed by atoms with Crippen LogP contribution >= 0.6 is 0 Å². The lowest BCUT2D eigenvalue weighted by Crippen LogP contribution is -2.41. The largest absolute Gasteiger partial charge is 0.493 e. The van der Waals surface area contributed by atoms with Gasteiger partial charge in [0, 0.05) is 19.1 Å². The van der Waals surface area contributed by atoms with Crippen molar-refractivity contribution in [2.45, 2.75) is 38.5 Å². The van der Waals surface area contributed by atoms with Gasteiger partial charge in [-0.15, -0.1) is 0 Å². The van der Waals surface area contributed by atoms with Crippen LogP contribution in [0.2, 0.25) is 0 Å². The quantitative estimate of drug-likeness (QED) is 0.801. The summed E-state index contributed by atoms with van der Waals surface area (Å²) in [5.41, 5.74) is 0.953. The molecule has 0 aromatic heterocycles. The number of methoxy groups -OCH3 is 1. The molecule has 118 valence electrons. The minimum absolute atomic E-state index is 0.0357. The molecule has 0 spiro atoms. The standard InChI is InChI=1S/C15H21F2NO3/c1-20-14-9-11(5-6-13(14)21-15(16)17)10-18(7-8-19)12-3-2-4-12/h5-6,9,12,15,19H,2-4,7-8,10H2,1H3. The normalized spacial score (nSPS) is 15.3. The molecule has 0 aliphatic heterocycles. The first-order chi connectivity index (χ1) is 10.1. The van der Waals surface area contributed by atoms with Crippen molar-refractivity contribution in [1.82, 2.24) is 4.90 Å². The highest BCUT2D eigenvalue weighted by Crippen LogP contribution is 2.31. The Morgan fingerprint density at radius 1 is 1.33 bits per heavy atom. The molecule has 2 rings (SSSR count). The van der Waals surface area contributed by atoms with E-state index in [1.165, 1.54) is 19.6 Å². The van der Waals surface area contributed by atoms with Gasteiger partial charge >= 0.3 is 6.61 Å². The van der Waals surface area contributed by atoms with Gasteiger partial charge in [0.15, 0.2) is 11.5 Å². The third kappa shape index (κ3) is 4.28. The Kier molecular flexibility index (Phi) is 5.76. The number of ether oxygens (including phenoxy) is 2. The van der Waals surface area contributed by atoms with Gasteiger partial charge in [-0.2, -0.15) is 8.78 Å². The molecule has 1 aromatic rings. The molecule has 0 saturated heterocycles. The van der Waals surface area contributed by atoms with E-state index in [1.807, 2.05) is 0 Å².